The fraction of sp³-hybridized carbons (Fsp3) is 0.400. The molecule has 15 heavy (non-hydrogen) atoms. The van der Waals surface area contributed by atoms with Gasteiger partial charge in [-0.2, -0.15) is 0 Å². The van der Waals surface area contributed by atoms with Gasteiger partial charge in [0.2, 0.25) is 0 Å². The molecular weight excluding hydrogens is 215 g/mol. The maximum Gasteiger partial charge on any atom is 0.697 e. The Hall–Kier alpha value is -0.960. The lowest BCUT2D eigenvalue weighted by Gasteiger charge is -1.82. The molecule has 0 saturated carbocycles. The molecular formula is C10H16O4P+. The van der Waals surface area contributed by atoms with Gasteiger partial charge in [0.1, 0.15) is 19.0 Å². The second kappa shape index (κ2) is 9.59. The van der Waals surface area contributed by atoms with E-state index in [-0.39, 0.29) is 0 Å². The highest BCUT2D eigenvalue weighted by Gasteiger charge is 2.15. The Bertz CT molecular complexity index is 255. The standard InChI is InChI=1S/C6H6O.C4H10O3P/c7-6-4-2-1-3-5-6;1-3-6-8(5)7-4-2/h1-5,7H;3-4H2,1-2H3/q;+1. The SMILES string of the molecule is CCO[P+](=O)OCC.Oc1ccccc1. The van der Waals surface area contributed by atoms with Crippen LogP contribution < -0.4 is 0 Å². The molecule has 0 radical (unpaired) electrons. The maximum absolute atomic E-state index is 10.3. The van der Waals surface area contributed by atoms with E-state index in [0.717, 1.165) is 0 Å². The average molecular weight is 231 g/mol. The van der Waals surface area contributed by atoms with Crippen molar-refractivity contribution < 1.29 is 18.7 Å². The van der Waals surface area contributed by atoms with Gasteiger partial charge < -0.3 is 5.11 Å². The molecule has 0 aliphatic heterocycles. The Labute approximate surface area is 90.8 Å². The van der Waals surface area contributed by atoms with E-state index < -0.39 is 8.25 Å². The lowest BCUT2D eigenvalue weighted by Crippen LogP contribution is -1.81. The minimum atomic E-state index is -1.83. The van der Waals surface area contributed by atoms with Gasteiger partial charge in [-0.1, -0.05) is 18.2 Å². The molecule has 0 bridgehead atoms. The number of para-hydroxylation sites is 1. The Kier molecular flexibility index (Phi) is 8.98. The van der Waals surface area contributed by atoms with Crippen molar-refractivity contribution in [1.29, 1.82) is 0 Å². The van der Waals surface area contributed by atoms with Gasteiger partial charge in [0.05, 0.1) is 0 Å². The summed E-state index contributed by atoms with van der Waals surface area (Å²) in [5.41, 5.74) is 0. The Morgan fingerprint density at radius 2 is 1.60 bits per heavy atom. The van der Waals surface area contributed by atoms with Gasteiger partial charge in [-0.15, -0.1) is 9.05 Å². The summed E-state index contributed by atoms with van der Waals surface area (Å²) in [4.78, 5) is 0. The van der Waals surface area contributed by atoms with Gasteiger partial charge >= 0.3 is 8.25 Å². The fourth-order valence-corrected chi connectivity index (χ4v) is 1.17. The molecule has 84 valence electrons. The largest absolute Gasteiger partial charge is 0.697 e. The van der Waals surface area contributed by atoms with Crippen LogP contribution in [0.4, 0.5) is 0 Å². The van der Waals surface area contributed by atoms with E-state index in [0.29, 0.717) is 19.0 Å². The molecule has 1 N–H and O–H groups in total. The van der Waals surface area contributed by atoms with E-state index >= 15 is 0 Å². The summed E-state index contributed by atoms with van der Waals surface area (Å²) in [7, 11) is -1.83. The molecule has 1 rings (SSSR count). The monoisotopic (exact) mass is 231 g/mol. The van der Waals surface area contributed by atoms with Gasteiger partial charge in [-0.3, -0.25) is 0 Å². The second-order valence-corrected chi connectivity index (χ2v) is 3.36. The maximum atomic E-state index is 10.3. The van der Waals surface area contributed by atoms with Gasteiger partial charge in [0.15, 0.2) is 0 Å². The second-order valence-electron chi connectivity index (χ2n) is 2.39. The Balaban J connectivity index is 0.000000262. The molecule has 4 nitrogen and oxygen atoms in total. The molecule has 1 aromatic rings. The molecule has 0 saturated heterocycles. The van der Waals surface area contributed by atoms with Gasteiger partial charge in [0.25, 0.3) is 0 Å². The predicted octanol–water partition coefficient (Wildman–Crippen LogP) is 3.11. The molecule has 5 heteroatoms. The highest BCUT2D eigenvalue weighted by atomic mass is 31.1. The molecule has 0 heterocycles. The van der Waals surface area contributed by atoms with Crippen molar-refractivity contribution in [2.45, 2.75) is 13.8 Å². The third-order valence-electron chi connectivity index (χ3n) is 1.23. The summed E-state index contributed by atoms with van der Waals surface area (Å²) < 4.78 is 19.5. The molecule has 0 unspecified atom stereocenters. The average Bonchev–Trinajstić information content (AvgIpc) is 2.20. The minimum absolute atomic E-state index is 0.322. The van der Waals surface area contributed by atoms with Crippen molar-refractivity contribution in [1.82, 2.24) is 0 Å². The van der Waals surface area contributed by atoms with Crippen LogP contribution in [-0.4, -0.2) is 18.3 Å². The number of hydrogen-bond acceptors (Lipinski definition) is 4. The number of aromatic hydroxyl groups is 1. The topological polar surface area (TPSA) is 55.8 Å². The van der Waals surface area contributed by atoms with E-state index in [1.54, 1.807) is 38.1 Å². The Morgan fingerprint density at radius 1 is 1.13 bits per heavy atom. The quantitative estimate of drug-likeness (QED) is 0.809. The number of rotatable bonds is 4. The number of hydrogen-bond donors (Lipinski definition) is 1. The third kappa shape index (κ3) is 9.35. The Morgan fingerprint density at radius 3 is 1.87 bits per heavy atom. The van der Waals surface area contributed by atoms with Crippen molar-refractivity contribution in [3.8, 4) is 5.75 Å². The van der Waals surface area contributed by atoms with Crippen LogP contribution in [0.15, 0.2) is 30.3 Å². The van der Waals surface area contributed by atoms with Crippen molar-refractivity contribution in [3.63, 3.8) is 0 Å². The van der Waals surface area contributed by atoms with E-state index in [1.807, 2.05) is 6.07 Å². The highest BCUT2D eigenvalue weighted by molar-refractivity contribution is 7.33. The molecule has 0 spiro atoms. The number of phenolic OH excluding ortho intramolecular Hbond substituents is 1. The summed E-state index contributed by atoms with van der Waals surface area (Å²) in [5.74, 6) is 0.322. The van der Waals surface area contributed by atoms with Crippen LogP contribution in [0, 0.1) is 0 Å². The number of phenols is 1. The first-order valence-corrected chi connectivity index (χ1v) is 5.77. The van der Waals surface area contributed by atoms with E-state index in [9.17, 15) is 4.57 Å². The van der Waals surface area contributed by atoms with Crippen LogP contribution in [0.1, 0.15) is 13.8 Å². The number of benzene rings is 1. The van der Waals surface area contributed by atoms with Crippen LogP contribution in [0.2, 0.25) is 0 Å². The van der Waals surface area contributed by atoms with E-state index in [2.05, 4.69) is 9.05 Å². The molecule has 0 fully saturated rings. The third-order valence-corrected chi connectivity index (χ3v) is 2.16. The fourth-order valence-electron chi connectivity index (χ4n) is 0.676. The van der Waals surface area contributed by atoms with Crippen molar-refractivity contribution in [2.24, 2.45) is 0 Å². The first-order chi connectivity index (χ1) is 7.20. The van der Waals surface area contributed by atoms with Crippen molar-refractivity contribution in [2.75, 3.05) is 13.2 Å². The smallest absolute Gasteiger partial charge is 0.508 e. The van der Waals surface area contributed by atoms with Crippen LogP contribution in [0.25, 0.3) is 0 Å². The zero-order valence-electron chi connectivity index (χ0n) is 8.92. The molecule has 0 aliphatic carbocycles. The van der Waals surface area contributed by atoms with Gasteiger partial charge in [-0.25, -0.2) is 0 Å². The molecule has 0 aromatic heterocycles. The summed E-state index contributed by atoms with van der Waals surface area (Å²) in [6.07, 6.45) is 0. The van der Waals surface area contributed by atoms with E-state index in [4.69, 9.17) is 5.11 Å². The predicted molar refractivity (Wildman–Crippen MR) is 59.0 cm³/mol. The zero-order chi connectivity index (χ0) is 11.5. The summed E-state index contributed by atoms with van der Waals surface area (Å²) in [5, 5.41) is 8.63. The van der Waals surface area contributed by atoms with Crippen LogP contribution >= 0.6 is 8.25 Å². The highest BCUT2D eigenvalue weighted by Crippen LogP contribution is 2.21. The van der Waals surface area contributed by atoms with Gasteiger partial charge in [0, 0.05) is 4.57 Å². The summed E-state index contributed by atoms with van der Waals surface area (Å²) in [6.45, 7) is 4.42. The minimum Gasteiger partial charge on any atom is -0.508 e. The van der Waals surface area contributed by atoms with Crippen LogP contribution in [0.3, 0.4) is 0 Å². The van der Waals surface area contributed by atoms with Gasteiger partial charge in [-0.05, 0) is 26.0 Å². The van der Waals surface area contributed by atoms with Crippen molar-refractivity contribution in [3.05, 3.63) is 30.3 Å². The zero-order valence-corrected chi connectivity index (χ0v) is 9.81. The molecule has 0 amide bonds. The lowest BCUT2D eigenvalue weighted by molar-refractivity contribution is 0.243. The van der Waals surface area contributed by atoms with Crippen LogP contribution in [0.5, 0.6) is 5.75 Å². The molecule has 0 atom stereocenters. The first-order valence-electron chi connectivity index (χ1n) is 4.67. The molecule has 1 aromatic carbocycles. The van der Waals surface area contributed by atoms with Crippen molar-refractivity contribution >= 4 is 8.25 Å². The first kappa shape index (κ1) is 14.0. The summed E-state index contributed by atoms with van der Waals surface area (Å²) in [6, 6.07) is 8.71. The lowest BCUT2D eigenvalue weighted by atomic mass is 10.3. The van der Waals surface area contributed by atoms with E-state index in [1.165, 1.54) is 0 Å². The summed E-state index contributed by atoms with van der Waals surface area (Å²) >= 11 is 0. The molecule has 0 aliphatic rings. The normalized spacial score (nSPS) is 8.93. The van der Waals surface area contributed by atoms with Crippen LogP contribution in [-0.2, 0) is 13.6 Å².